The van der Waals surface area contributed by atoms with Crippen LogP contribution < -0.4 is 5.32 Å². The third-order valence-corrected chi connectivity index (χ3v) is 2.81. The van der Waals surface area contributed by atoms with Crippen LogP contribution in [-0.2, 0) is 4.79 Å². The molecule has 3 heteroatoms. The van der Waals surface area contributed by atoms with Crippen molar-refractivity contribution < 1.29 is 9.90 Å². The van der Waals surface area contributed by atoms with Gasteiger partial charge in [-0.05, 0) is 12.3 Å². The van der Waals surface area contributed by atoms with Crippen molar-refractivity contribution in [3.8, 4) is 0 Å². The molecule has 0 spiro atoms. The average molecular weight is 157 g/mol. The molecule has 2 N–H and O–H groups in total. The first kappa shape index (κ1) is 8.53. The molecule has 1 heterocycles. The number of rotatable bonds is 2. The van der Waals surface area contributed by atoms with E-state index >= 15 is 0 Å². The van der Waals surface area contributed by atoms with Crippen molar-refractivity contribution >= 4 is 5.91 Å². The van der Waals surface area contributed by atoms with Crippen molar-refractivity contribution in [1.29, 1.82) is 0 Å². The Morgan fingerprint density at radius 1 is 1.82 bits per heavy atom. The van der Waals surface area contributed by atoms with Crippen LogP contribution in [0, 0.1) is 11.3 Å². The molecule has 2 atom stereocenters. The minimum absolute atomic E-state index is 0.0825. The highest BCUT2D eigenvalue weighted by molar-refractivity contribution is 5.84. The van der Waals surface area contributed by atoms with Crippen molar-refractivity contribution in [3.05, 3.63) is 0 Å². The molecule has 0 aromatic heterocycles. The zero-order chi connectivity index (χ0) is 8.48. The predicted octanol–water partition coefficient (Wildman–Crippen LogP) is 0.141. The number of carbonyl (C=O) groups excluding carboxylic acids is 1. The van der Waals surface area contributed by atoms with Gasteiger partial charge in [0.05, 0.1) is 5.41 Å². The van der Waals surface area contributed by atoms with Crippen molar-refractivity contribution in [3.63, 3.8) is 0 Å². The summed E-state index contributed by atoms with van der Waals surface area (Å²) in [6.45, 7) is 4.79. The minimum atomic E-state index is -0.339. The number of aliphatic hydroxyl groups is 1. The van der Waals surface area contributed by atoms with Crippen LogP contribution in [0.25, 0.3) is 0 Å². The van der Waals surface area contributed by atoms with Gasteiger partial charge in [-0.15, -0.1) is 0 Å². The number of amides is 1. The van der Waals surface area contributed by atoms with Crippen molar-refractivity contribution in [2.24, 2.45) is 11.3 Å². The van der Waals surface area contributed by atoms with Crippen LogP contribution in [0.15, 0.2) is 0 Å². The van der Waals surface area contributed by atoms with Crippen LogP contribution in [-0.4, -0.2) is 24.2 Å². The van der Waals surface area contributed by atoms with Gasteiger partial charge in [-0.25, -0.2) is 0 Å². The standard InChI is InChI=1S/C8H15NO2/c1-6-5-9-7(11)8(6,2)3-4-10/h6,10H,3-5H2,1-2H3,(H,9,11). The number of aliphatic hydroxyl groups excluding tert-OH is 1. The summed E-state index contributed by atoms with van der Waals surface area (Å²) in [4.78, 5) is 11.3. The SMILES string of the molecule is CC1CNC(=O)C1(C)CCO. The maximum absolute atomic E-state index is 11.3. The van der Waals surface area contributed by atoms with E-state index in [1.807, 2.05) is 13.8 Å². The Morgan fingerprint density at radius 2 is 2.45 bits per heavy atom. The second-order valence-corrected chi connectivity index (χ2v) is 3.50. The van der Waals surface area contributed by atoms with Gasteiger partial charge in [0.1, 0.15) is 0 Å². The third kappa shape index (κ3) is 1.25. The van der Waals surface area contributed by atoms with Gasteiger partial charge in [0.2, 0.25) is 5.91 Å². The number of nitrogens with one attached hydrogen (secondary N) is 1. The van der Waals surface area contributed by atoms with E-state index in [2.05, 4.69) is 5.32 Å². The Hall–Kier alpha value is -0.570. The van der Waals surface area contributed by atoms with E-state index in [-0.39, 0.29) is 17.9 Å². The van der Waals surface area contributed by atoms with Gasteiger partial charge >= 0.3 is 0 Å². The van der Waals surface area contributed by atoms with Gasteiger partial charge in [-0.3, -0.25) is 4.79 Å². The van der Waals surface area contributed by atoms with Crippen LogP contribution >= 0.6 is 0 Å². The van der Waals surface area contributed by atoms with Crippen LogP contribution in [0.2, 0.25) is 0 Å². The maximum atomic E-state index is 11.3. The molecule has 0 aliphatic carbocycles. The van der Waals surface area contributed by atoms with E-state index in [4.69, 9.17) is 5.11 Å². The molecular weight excluding hydrogens is 142 g/mol. The van der Waals surface area contributed by atoms with Gasteiger partial charge < -0.3 is 10.4 Å². The van der Waals surface area contributed by atoms with Crippen LogP contribution in [0.5, 0.6) is 0 Å². The molecule has 3 nitrogen and oxygen atoms in total. The largest absolute Gasteiger partial charge is 0.396 e. The molecule has 0 aromatic rings. The second-order valence-electron chi connectivity index (χ2n) is 3.50. The topological polar surface area (TPSA) is 49.3 Å². The fourth-order valence-corrected chi connectivity index (χ4v) is 1.49. The predicted molar refractivity (Wildman–Crippen MR) is 42.0 cm³/mol. The molecule has 0 radical (unpaired) electrons. The molecule has 1 amide bonds. The first-order valence-electron chi connectivity index (χ1n) is 4.00. The fourth-order valence-electron chi connectivity index (χ4n) is 1.49. The zero-order valence-electron chi connectivity index (χ0n) is 7.05. The maximum Gasteiger partial charge on any atom is 0.226 e. The monoisotopic (exact) mass is 157 g/mol. The van der Waals surface area contributed by atoms with E-state index in [0.717, 1.165) is 6.54 Å². The second kappa shape index (κ2) is 2.81. The summed E-state index contributed by atoms with van der Waals surface area (Å²) in [6, 6.07) is 0. The highest BCUT2D eigenvalue weighted by Gasteiger charge is 2.42. The molecule has 1 aliphatic heterocycles. The van der Waals surface area contributed by atoms with Gasteiger partial charge in [-0.1, -0.05) is 13.8 Å². The first-order chi connectivity index (χ1) is 5.11. The van der Waals surface area contributed by atoms with E-state index in [9.17, 15) is 4.79 Å². The molecule has 64 valence electrons. The van der Waals surface area contributed by atoms with Crippen LogP contribution in [0.1, 0.15) is 20.3 Å². The quantitative estimate of drug-likeness (QED) is 0.599. The zero-order valence-corrected chi connectivity index (χ0v) is 7.05. The third-order valence-electron chi connectivity index (χ3n) is 2.81. The number of hydrogen-bond acceptors (Lipinski definition) is 2. The Bertz CT molecular complexity index is 169. The Kier molecular flexibility index (Phi) is 2.18. The van der Waals surface area contributed by atoms with Crippen molar-refractivity contribution in [1.82, 2.24) is 5.32 Å². The lowest BCUT2D eigenvalue weighted by molar-refractivity contribution is -0.128. The lowest BCUT2D eigenvalue weighted by atomic mass is 9.78. The van der Waals surface area contributed by atoms with Gasteiger partial charge in [0, 0.05) is 13.2 Å². The molecule has 0 saturated carbocycles. The minimum Gasteiger partial charge on any atom is -0.396 e. The number of hydrogen-bond donors (Lipinski definition) is 2. The normalized spacial score (nSPS) is 37.4. The number of carbonyl (C=O) groups is 1. The Morgan fingerprint density at radius 3 is 2.82 bits per heavy atom. The lowest BCUT2D eigenvalue weighted by Crippen LogP contribution is -2.32. The summed E-state index contributed by atoms with van der Waals surface area (Å²) in [5.41, 5.74) is -0.339. The molecule has 1 rings (SSSR count). The van der Waals surface area contributed by atoms with Gasteiger partial charge in [0.15, 0.2) is 0 Å². The van der Waals surface area contributed by atoms with Gasteiger partial charge in [-0.2, -0.15) is 0 Å². The summed E-state index contributed by atoms with van der Waals surface area (Å²) >= 11 is 0. The molecule has 0 aromatic carbocycles. The summed E-state index contributed by atoms with van der Waals surface area (Å²) < 4.78 is 0. The highest BCUT2D eigenvalue weighted by atomic mass is 16.3. The Labute approximate surface area is 66.8 Å². The summed E-state index contributed by atoms with van der Waals surface area (Å²) in [7, 11) is 0. The molecular formula is C8H15NO2. The highest BCUT2D eigenvalue weighted by Crippen LogP contribution is 2.34. The summed E-state index contributed by atoms with van der Waals surface area (Å²) in [5.74, 6) is 0.418. The van der Waals surface area contributed by atoms with E-state index in [1.165, 1.54) is 0 Å². The molecule has 1 saturated heterocycles. The van der Waals surface area contributed by atoms with E-state index < -0.39 is 0 Å². The molecule has 1 aliphatic rings. The van der Waals surface area contributed by atoms with E-state index in [1.54, 1.807) is 0 Å². The average Bonchev–Trinajstić information content (AvgIpc) is 2.19. The van der Waals surface area contributed by atoms with Crippen LogP contribution in [0.4, 0.5) is 0 Å². The van der Waals surface area contributed by atoms with Crippen molar-refractivity contribution in [2.75, 3.05) is 13.2 Å². The lowest BCUT2D eigenvalue weighted by Gasteiger charge is -2.24. The molecule has 2 unspecified atom stereocenters. The smallest absolute Gasteiger partial charge is 0.226 e. The Balaban J connectivity index is 2.71. The summed E-state index contributed by atoms with van der Waals surface area (Å²) in [5, 5.41) is 11.5. The first-order valence-corrected chi connectivity index (χ1v) is 4.00. The van der Waals surface area contributed by atoms with Gasteiger partial charge in [0.25, 0.3) is 0 Å². The van der Waals surface area contributed by atoms with E-state index in [0.29, 0.717) is 12.3 Å². The summed E-state index contributed by atoms with van der Waals surface area (Å²) in [6.07, 6.45) is 0.569. The van der Waals surface area contributed by atoms with Crippen LogP contribution in [0.3, 0.4) is 0 Å². The van der Waals surface area contributed by atoms with Crippen molar-refractivity contribution in [2.45, 2.75) is 20.3 Å². The molecule has 1 fully saturated rings. The molecule has 11 heavy (non-hydrogen) atoms. The fraction of sp³-hybridized carbons (Fsp3) is 0.875. The molecule has 0 bridgehead atoms.